The van der Waals surface area contributed by atoms with Crippen LogP contribution in [0.4, 0.5) is 0 Å². The lowest BCUT2D eigenvalue weighted by Gasteiger charge is -1.97. The molecule has 0 aromatic carbocycles. The molecule has 0 unspecified atom stereocenters. The van der Waals surface area contributed by atoms with Crippen LogP contribution in [0.25, 0.3) is 0 Å². The molecule has 0 spiro atoms. The van der Waals surface area contributed by atoms with Crippen LogP contribution in [0, 0.1) is 0 Å². The van der Waals surface area contributed by atoms with Gasteiger partial charge in [-0.25, -0.2) is 0 Å². The number of carbonyl (C=O) groups is 2. The first-order chi connectivity index (χ1) is 9.33. The molecule has 112 valence electrons. The highest BCUT2D eigenvalue weighted by Crippen LogP contribution is 2.08. The largest absolute Gasteiger partial charge is 0.299 e. The lowest BCUT2D eigenvalue weighted by Crippen LogP contribution is -1.79. The van der Waals surface area contributed by atoms with Gasteiger partial charge in [-0.05, 0) is 65.5 Å². The lowest BCUT2D eigenvalue weighted by molar-refractivity contribution is -0.104. The van der Waals surface area contributed by atoms with Crippen LogP contribution in [0.15, 0.2) is 47.6 Å². The number of rotatable bonds is 8. The summed E-state index contributed by atoms with van der Waals surface area (Å²) in [5.74, 6) is 0. The van der Waals surface area contributed by atoms with E-state index in [1.165, 1.54) is 11.1 Å². The predicted octanol–water partition coefficient (Wildman–Crippen LogP) is 4.98. The van der Waals surface area contributed by atoms with Gasteiger partial charge in [0.1, 0.15) is 12.6 Å². The lowest BCUT2D eigenvalue weighted by atomic mass is 10.1. The molecule has 20 heavy (non-hydrogen) atoms. The molecule has 0 aliphatic rings. The van der Waals surface area contributed by atoms with Crippen molar-refractivity contribution in [3.63, 3.8) is 0 Å². The average molecular weight is 276 g/mol. The van der Waals surface area contributed by atoms with Crippen LogP contribution in [0.3, 0.4) is 0 Å². The van der Waals surface area contributed by atoms with Crippen LogP contribution in [0.1, 0.15) is 53.4 Å². The van der Waals surface area contributed by atoms with Crippen LogP contribution in [-0.2, 0) is 9.59 Å². The van der Waals surface area contributed by atoms with E-state index in [1.54, 1.807) is 12.2 Å². The number of aldehydes is 2. The van der Waals surface area contributed by atoms with Gasteiger partial charge in [0, 0.05) is 0 Å². The summed E-state index contributed by atoms with van der Waals surface area (Å²) in [6.45, 7) is 15.4. The summed E-state index contributed by atoms with van der Waals surface area (Å²) >= 11 is 0. The third kappa shape index (κ3) is 18.7. The van der Waals surface area contributed by atoms with Crippen molar-refractivity contribution in [1.82, 2.24) is 0 Å². The highest BCUT2D eigenvalue weighted by atomic mass is 16.1. The number of carbonyl (C=O) groups excluding carboxylic acids is 2. The first kappa shape index (κ1) is 20.6. The molecule has 0 fully saturated rings. The molecule has 0 saturated heterocycles. The summed E-state index contributed by atoms with van der Waals surface area (Å²) in [7, 11) is 0. The Bertz CT molecular complexity index is 346. The Balaban J connectivity index is 0. The van der Waals surface area contributed by atoms with Crippen LogP contribution in [-0.4, -0.2) is 12.6 Å². The van der Waals surface area contributed by atoms with Gasteiger partial charge in [0.05, 0.1) is 0 Å². The summed E-state index contributed by atoms with van der Waals surface area (Å²) in [6.07, 6.45) is 8.72. The Kier molecular flexibility index (Phi) is 14.1. The van der Waals surface area contributed by atoms with Crippen LogP contribution in [0.5, 0.6) is 0 Å². The van der Waals surface area contributed by atoms with Crippen LogP contribution < -0.4 is 0 Å². The molecule has 0 bridgehead atoms. The zero-order chi connectivity index (χ0) is 16.0. The number of hydrogen-bond acceptors (Lipinski definition) is 2. The molecule has 0 aromatic heterocycles. The van der Waals surface area contributed by atoms with E-state index in [9.17, 15) is 9.59 Å². The van der Waals surface area contributed by atoms with E-state index in [0.717, 1.165) is 49.4 Å². The van der Waals surface area contributed by atoms with Crippen molar-refractivity contribution in [2.45, 2.75) is 53.4 Å². The Morgan fingerprint density at radius 3 is 1.20 bits per heavy atom. The maximum absolute atomic E-state index is 9.96. The van der Waals surface area contributed by atoms with Crippen molar-refractivity contribution in [2.24, 2.45) is 0 Å². The molecule has 2 nitrogen and oxygen atoms in total. The fourth-order valence-electron chi connectivity index (χ4n) is 1.22. The topological polar surface area (TPSA) is 34.1 Å². The minimum atomic E-state index is 0.827. The van der Waals surface area contributed by atoms with Crippen molar-refractivity contribution in [3.8, 4) is 0 Å². The quantitative estimate of drug-likeness (QED) is 0.356. The first-order valence-corrected chi connectivity index (χ1v) is 6.84. The van der Waals surface area contributed by atoms with E-state index in [-0.39, 0.29) is 0 Å². The van der Waals surface area contributed by atoms with Crippen LogP contribution >= 0.6 is 0 Å². The standard InChI is InChI=1S/2C9H14O/c2*1-8(2)4-5-9(3)6-7-10/h2*6-7H,1,4-5H2,2-3H3. The minimum Gasteiger partial charge on any atom is -0.299 e. The van der Waals surface area contributed by atoms with E-state index in [4.69, 9.17) is 0 Å². The summed E-state index contributed by atoms with van der Waals surface area (Å²) in [6, 6.07) is 0. The second kappa shape index (κ2) is 13.7. The van der Waals surface area contributed by atoms with Gasteiger partial charge < -0.3 is 0 Å². The van der Waals surface area contributed by atoms with Gasteiger partial charge in [0.25, 0.3) is 0 Å². The van der Waals surface area contributed by atoms with Gasteiger partial charge in [-0.1, -0.05) is 22.3 Å². The monoisotopic (exact) mass is 276 g/mol. The normalized spacial score (nSPS) is 11.2. The highest BCUT2D eigenvalue weighted by Gasteiger charge is 1.89. The maximum Gasteiger partial charge on any atom is 0.142 e. The summed E-state index contributed by atoms with van der Waals surface area (Å²) in [5, 5.41) is 0. The summed E-state index contributed by atoms with van der Waals surface area (Å²) < 4.78 is 0. The smallest absolute Gasteiger partial charge is 0.142 e. The van der Waals surface area contributed by atoms with Crippen molar-refractivity contribution >= 4 is 12.6 Å². The van der Waals surface area contributed by atoms with E-state index in [1.807, 2.05) is 27.7 Å². The fraction of sp³-hybridized carbons (Fsp3) is 0.444. The summed E-state index contributed by atoms with van der Waals surface area (Å²) in [4.78, 5) is 19.9. The van der Waals surface area contributed by atoms with Crippen LogP contribution in [0.2, 0.25) is 0 Å². The van der Waals surface area contributed by atoms with E-state index in [2.05, 4.69) is 13.2 Å². The second-order valence-corrected chi connectivity index (χ2v) is 5.21. The number of hydrogen-bond donors (Lipinski definition) is 0. The van der Waals surface area contributed by atoms with Gasteiger partial charge in [-0.3, -0.25) is 9.59 Å². The van der Waals surface area contributed by atoms with Crippen molar-refractivity contribution < 1.29 is 9.59 Å². The third-order valence-electron chi connectivity index (χ3n) is 2.60. The molecule has 2 heteroatoms. The fourth-order valence-corrected chi connectivity index (χ4v) is 1.22. The Hall–Kier alpha value is -1.70. The van der Waals surface area contributed by atoms with E-state index in [0.29, 0.717) is 0 Å². The molecule has 0 heterocycles. The van der Waals surface area contributed by atoms with Gasteiger partial charge in [-0.2, -0.15) is 0 Å². The van der Waals surface area contributed by atoms with Gasteiger partial charge >= 0.3 is 0 Å². The highest BCUT2D eigenvalue weighted by molar-refractivity contribution is 5.66. The molecule has 0 amide bonds. The minimum absolute atomic E-state index is 0.827. The molecule has 0 rings (SSSR count). The molecule has 0 atom stereocenters. The van der Waals surface area contributed by atoms with Gasteiger partial charge in [0.2, 0.25) is 0 Å². The van der Waals surface area contributed by atoms with Gasteiger partial charge in [-0.15, -0.1) is 13.2 Å². The maximum atomic E-state index is 9.96. The second-order valence-electron chi connectivity index (χ2n) is 5.21. The molecule has 0 radical (unpaired) electrons. The SMILES string of the molecule is C=C(C)CCC(C)=CC=O.C=C(C)CCC(C)=CC=O. The van der Waals surface area contributed by atoms with E-state index >= 15 is 0 Å². The number of allylic oxidation sites excluding steroid dienone is 6. The Labute approximate surface area is 124 Å². The van der Waals surface area contributed by atoms with Crippen molar-refractivity contribution in [2.75, 3.05) is 0 Å². The van der Waals surface area contributed by atoms with Gasteiger partial charge in [0.15, 0.2) is 0 Å². The summed E-state index contributed by atoms with van der Waals surface area (Å²) in [5.41, 5.74) is 4.58. The third-order valence-corrected chi connectivity index (χ3v) is 2.60. The zero-order valence-electron chi connectivity index (χ0n) is 13.4. The first-order valence-electron chi connectivity index (χ1n) is 6.84. The predicted molar refractivity (Wildman–Crippen MR) is 87.7 cm³/mol. The molecule has 0 aromatic rings. The molecule has 0 aliphatic carbocycles. The molecule has 0 saturated carbocycles. The Morgan fingerprint density at radius 1 is 0.700 bits per heavy atom. The molecular formula is C18H28O2. The average Bonchev–Trinajstić information content (AvgIpc) is 2.35. The Morgan fingerprint density at radius 2 is 1.00 bits per heavy atom. The zero-order valence-corrected chi connectivity index (χ0v) is 13.4. The van der Waals surface area contributed by atoms with Crippen molar-refractivity contribution in [1.29, 1.82) is 0 Å². The van der Waals surface area contributed by atoms with E-state index < -0.39 is 0 Å². The molecule has 0 N–H and O–H groups in total. The molecular weight excluding hydrogens is 248 g/mol. The van der Waals surface area contributed by atoms with Crippen molar-refractivity contribution in [3.05, 3.63) is 47.6 Å². The molecule has 0 aliphatic heterocycles.